The third-order valence-electron chi connectivity index (χ3n) is 4.88. The number of benzene rings is 1. The van der Waals surface area contributed by atoms with Crippen molar-refractivity contribution in [1.29, 1.82) is 0 Å². The molecule has 1 aliphatic rings. The molecule has 2 rings (SSSR count). The van der Waals surface area contributed by atoms with Gasteiger partial charge in [0.25, 0.3) is 0 Å². The van der Waals surface area contributed by atoms with E-state index >= 15 is 0 Å². The van der Waals surface area contributed by atoms with Crippen molar-refractivity contribution < 1.29 is 19.1 Å². The van der Waals surface area contributed by atoms with Crippen molar-refractivity contribution in [3.05, 3.63) is 23.8 Å². The summed E-state index contributed by atoms with van der Waals surface area (Å²) in [6.45, 7) is 8.80. The lowest BCUT2D eigenvalue weighted by Gasteiger charge is -2.46. The average molecular weight is 392 g/mol. The van der Waals surface area contributed by atoms with Gasteiger partial charge >= 0.3 is 11.8 Å². The number of carbonyl (C=O) groups excluding carboxylic acids is 2. The van der Waals surface area contributed by atoms with Crippen LogP contribution in [-0.2, 0) is 16.0 Å². The van der Waals surface area contributed by atoms with Gasteiger partial charge < -0.3 is 25.4 Å². The van der Waals surface area contributed by atoms with E-state index in [0.29, 0.717) is 24.5 Å². The Hall–Kier alpha value is -2.28. The van der Waals surface area contributed by atoms with Crippen LogP contribution in [0.15, 0.2) is 18.2 Å². The van der Waals surface area contributed by atoms with Gasteiger partial charge in [0.05, 0.1) is 14.2 Å². The van der Waals surface area contributed by atoms with Crippen LogP contribution in [0.3, 0.4) is 0 Å². The highest BCUT2D eigenvalue weighted by Gasteiger charge is 2.38. The summed E-state index contributed by atoms with van der Waals surface area (Å²) in [4.78, 5) is 24.4. The molecule has 0 radical (unpaired) electrons. The Labute approximate surface area is 167 Å². The summed E-state index contributed by atoms with van der Waals surface area (Å²) < 4.78 is 10.5. The molecule has 1 saturated heterocycles. The van der Waals surface area contributed by atoms with E-state index in [1.807, 2.05) is 18.2 Å². The van der Waals surface area contributed by atoms with Crippen LogP contribution in [0.2, 0.25) is 0 Å². The SMILES string of the molecule is COc1ccc(CCNC(=O)C(=O)NC2CC(C)(C)NC(C)(C)C2)cc1OC. The van der Waals surface area contributed by atoms with E-state index in [-0.39, 0.29) is 17.1 Å². The Morgan fingerprint density at radius 3 is 2.21 bits per heavy atom. The molecule has 1 heterocycles. The van der Waals surface area contributed by atoms with Crippen LogP contribution in [0, 0.1) is 0 Å². The fourth-order valence-electron chi connectivity index (χ4n) is 4.11. The molecule has 1 fully saturated rings. The summed E-state index contributed by atoms with van der Waals surface area (Å²) in [5, 5.41) is 9.14. The minimum atomic E-state index is -0.602. The van der Waals surface area contributed by atoms with Crippen LogP contribution in [0.4, 0.5) is 0 Å². The van der Waals surface area contributed by atoms with Crippen molar-refractivity contribution in [1.82, 2.24) is 16.0 Å². The lowest BCUT2D eigenvalue weighted by atomic mass is 9.79. The molecular weight excluding hydrogens is 358 g/mol. The zero-order chi connectivity index (χ0) is 20.9. The Kier molecular flexibility index (Phi) is 6.93. The van der Waals surface area contributed by atoms with Crippen LogP contribution in [-0.4, -0.2) is 49.7 Å². The number of piperidine rings is 1. The topological polar surface area (TPSA) is 88.7 Å². The molecule has 3 N–H and O–H groups in total. The minimum Gasteiger partial charge on any atom is -0.493 e. The highest BCUT2D eigenvalue weighted by molar-refractivity contribution is 6.35. The van der Waals surface area contributed by atoms with Gasteiger partial charge in [-0.15, -0.1) is 0 Å². The van der Waals surface area contributed by atoms with Crippen LogP contribution in [0.1, 0.15) is 46.1 Å². The first kappa shape index (κ1) is 22.0. The quantitative estimate of drug-likeness (QED) is 0.644. The van der Waals surface area contributed by atoms with E-state index in [4.69, 9.17) is 9.47 Å². The lowest BCUT2D eigenvalue weighted by Crippen LogP contribution is -2.62. The predicted molar refractivity (Wildman–Crippen MR) is 109 cm³/mol. The van der Waals surface area contributed by atoms with E-state index in [0.717, 1.165) is 18.4 Å². The largest absolute Gasteiger partial charge is 0.493 e. The van der Waals surface area contributed by atoms with Crippen molar-refractivity contribution >= 4 is 11.8 Å². The number of carbonyl (C=O) groups is 2. The monoisotopic (exact) mass is 391 g/mol. The molecule has 28 heavy (non-hydrogen) atoms. The molecule has 0 atom stereocenters. The molecule has 156 valence electrons. The first-order valence-electron chi connectivity index (χ1n) is 9.64. The molecule has 0 aliphatic carbocycles. The van der Waals surface area contributed by atoms with Gasteiger partial charge in [0.1, 0.15) is 0 Å². The molecule has 7 heteroatoms. The molecule has 0 unspecified atom stereocenters. The molecule has 1 aliphatic heterocycles. The number of amides is 2. The first-order valence-corrected chi connectivity index (χ1v) is 9.64. The molecule has 0 aromatic heterocycles. The van der Waals surface area contributed by atoms with Gasteiger partial charge in [-0.2, -0.15) is 0 Å². The van der Waals surface area contributed by atoms with Crippen molar-refractivity contribution in [2.45, 2.75) is 64.1 Å². The maximum atomic E-state index is 12.3. The Morgan fingerprint density at radius 2 is 1.64 bits per heavy atom. The minimum absolute atomic E-state index is 0.0321. The number of nitrogens with one attached hydrogen (secondary N) is 3. The van der Waals surface area contributed by atoms with Crippen LogP contribution >= 0.6 is 0 Å². The molecule has 0 saturated carbocycles. The number of hydrogen-bond donors (Lipinski definition) is 3. The standard InChI is InChI=1S/C21H33N3O4/c1-20(2)12-15(13-21(3,4)24-20)23-19(26)18(25)22-10-9-14-7-8-16(27-5)17(11-14)28-6/h7-8,11,15,24H,9-10,12-13H2,1-6H3,(H,22,25)(H,23,26). The van der Waals surface area contributed by atoms with Gasteiger partial charge in [-0.3, -0.25) is 9.59 Å². The fourth-order valence-corrected chi connectivity index (χ4v) is 4.11. The molecule has 2 amide bonds. The third kappa shape index (κ3) is 6.12. The second-order valence-electron chi connectivity index (χ2n) is 8.67. The number of ether oxygens (including phenoxy) is 2. The van der Waals surface area contributed by atoms with Gasteiger partial charge in [-0.1, -0.05) is 6.07 Å². The molecule has 1 aromatic rings. The summed E-state index contributed by atoms with van der Waals surface area (Å²) >= 11 is 0. The van der Waals surface area contributed by atoms with Gasteiger partial charge in [-0.05, 0) is 64.7 Å². The first-order chi connectivity index (χ1) is 13.0. The van der Waals surface area contributed by atoms with Crippen LogP contribution in [0.25, 0.3) is 0 Å². The summed E-state index contributed by atoms with van der Waals surface area (Å²) in [6.07, 6.45) is 2.15. The van der Waals surface area contributed by atoms with E-state index < -0.39 is 11.8 Å². The Morgan fingerprint density at radius 1 is 1.04 bits per heavy atom. The van der Waals surface area contributed by atoms with Gasteiger partial charge in [0.15, 0.2) is 11.5 Å². The van der Waals surface area contributed by atoms with Crippen molar-refractivity contribution in [3.63, 3.8) is 0 Å². The highest BCUT2D eigenvalue weighted by Crippen LogP contribution is 2.29. The predicted octanol–water partition coefficient (Wildman–Crippen LogP) is 1.79. The van der Waals surface area contributed by atoms with Gasteiger partial charge in [0, 0.05) is 23.7 Å². The van der Waals surface area contributed by atoms with Gasteiger partial charge in [0.2, 0.25) is 0 Å². The smallest absolute Gasteiger partial charge is 0.309 e. The van der Waals surface area contributed by atoms with Crippen molar-refractivity contribution in [2.75, 3.05) is 20.8 Å². The average Bonchev–Trinajstić information content (AvgIpc) is 2.58. The zero-order valence-electron chi connectivity index (χ0n) is 17.8. The van der Waals surface area contributed by atoms with Crippen LogP contribution in [0.5, 0.6) is 11.5 Å². The molecule has 0 spiro atoms. The Bertz CT molecular complexity index is 700. The normalized spacial score (nSPS) is 18.2. The van der Waals surface area contributed by atoms with E-state index in [9.17, 15) is 9.59 Å². The molecular formula is C21H33N3O4. The lowest BCUT2D eigenvalue weighted by molar-refractivity contribution is -0.140. The summed E-state index contributed by atoms with van der Waals surface area (Å²) in [6, 6.07) is 5.57. The Balaban J connectivity index is 1.84. The number of methoxy groups -OCH3 is 2. The maximum absolute atomic E-state index is 12.3. The summed E-state index contributed by atoms with van der Waals surface area (Å²) in [7, 11) is 3.16. The fraction of sp³-hybridized carbons (Fsp3) is 0.619. The molecule has 1 aromatic carbocycles. The second kappa shape index (κ2) is 8.82. The highest BCUT2D eigenvalue weighted by atomic mass is 16.5. The number of hydrogen-bond acceptors (Lipinski definition) is 5. The molecule has 7 nitrogen and oxygen atoms in total. The van der Waals surface area contributed by atoms with Crippen molar-refractivity contribution in [2.24, 2.45) is 0 Å². The van der Waals surface area contributed by atoms with E-state index in [1.165, 1.54) is 0 Å². The third-order valence-corrected chi connectivity index (χ3v) is 4.88. The second-order valence-corrected chi connectivity index (χ2v) is 8.67. The zero-order valence-corrected chi connectivity index (χ0v) is 17.8. The maximum Gasteiger partial charge on any atom is 0.309 e. The molecule has 0 bridgehead atoms. The van der Waals surface area contributed by atoms with Crippen LogP contribution < -0.4 is 25.4 Å². The van der Waals surface area contributed by atoms with Crippen molar-refractivity contribution in [3.8, 4) is 11.5 Å². The number of rotatable bonds is 6. The summed E-state index contributed by atoms with van der Waals surface area (Å²) in [5.74, 6) is 0.114. The summed E-state index contributed by atoms with van der Waals surface area (Å²) in [5.41, 5.74) is 0.799. The van der Waals surface area contributed by atoms with E-state index in [2.05, 4.69) is 43.6 Å². The van der Waals surface area contributed by atoms with Gasteiger partial charge in [-0.25, -0.2) is 0 Å². The van der Waals surface area contributed by atoms with E-state index in [1.54, 1.807) is 14.2 Å².